The van der Waals surface area contributed by atoms with E-state index >= 15 is 0 Å². The van der Waals surface area contributed by atoms with E-state index in [9.17, 15) is 13.6 Å². The third-order valence-electron chi connectivity index (χ3n) is 2.03. The second-order valence-corrected chi connectivity index (χ2v) is 3.52. The number of carbonyl (C=O) groups excluding carboxylic acids is 1. The van der Waals surface area contributed by atoms with E-state index in [0.29, 0.717) is 0 Å². The summed E-state index contributed by atoms with van der Waals surface area (Å²) in [5.41, 5.74) is 0.247. The van der Waals surface area contributed by atoms with E-state index < -0.39 is 25.0 Å². The molecule has 2 N–H and O–H groups in total. The molecule has 0 spiro atoms. The lowest BCUT2D eigenvalue weighted by Gasteiger charge is -2.14. The van der Waals surface area contributed by atoms with Gasteiger partial charge in [0.25, 0.3) is 5.92 Å². The fraction of sp³-hybridized carbons (Fsp3) is 0.455. The first kappa shape index (κ1) is 14.3. The van der Waals surface area contributed by atoms with Gasteiger partial charge in [-0.25, -0.2) is 18.6 Å². The maximum atomic E-state index is 12.7. The van der Waals surface area contributed by atoms with E-state index in [2.05, 4.69) is 10.3 Å². The molecule has 0 radical (unpaired) electrons. The van der Waals surface area contributed by atoms with Crippen LogP contribution in [0.5, 0.6) is 0 Å². The molecular formula is C11H14F2N2O3. The number of aliphatic hydroxyl groups excluding tert-OH is 1. The zero-order valence-corrected chi connectivity index (χ0v) is 9.82. The number of aliphatic hydroxyl groups is 1. The summed E-state index contributed by atoms with van der Waals surface area (Å²) in [4.78, 5) is 15.1. The molecule has 0 bridgehead atoms. The number of nitrogens with zero attached hydrogens (tertiary/aromatic N) is 1. The molecule has 18 heavy (non-hydrogen) atoms. The van der Waals surface area contributed by atoms with Crippen LogP contribution in [0.25, 0.3) is 0 Å². The Morgan fingerprint density at radius 1 is 1.56 bits per heavy atom. The number of hydrogen-bond acceptors (Lipinski definition) is 5. The van der Waals surface area contributed by atoms with Crippen LogP contribution < -0.4 is 5.32 Å². The summed E-state index contributed by atoms with van der Waals surface area (Å²) < 4.78 is 30.2. The Balaban J connectivity index is 2.58. The van der Waals surface area contributed by atoms with Gasteiger partial charge in [0.15, 0.2) is 0 Å². The van der Waals surface area contributed by atoms with Gasteiger partial charge in [0.1, 0.15) is 12.4 Å². The topological polar surface area (TPSA) is 71.5 Å². The van der Waals surface area contributed by atoms with Crippen molar-refractivity contribution in [3.63, 3.8) is 0 Å². The van der Waals surface area contributed by atoms with Crippen LogP contribution in [-0.4, -0.2) is 41.7 Å². The molecular weight excluding hydrogens is 246 g/mol. The molecule has 100 valence electrons. The summed E-state index contributed by atoms with van der Waals surface area (Å²) in [7, 11) is 0. The first-order valence-electron chi connectivity index (χ1n) is 5.34. The second kappa shape index (κ2) is 6.25. The Morgan fingerprint density at radius 2 is 2.28 bits per heavy atom. The number of ether oxygens (including phenoxy) is 1. The Kier molecular flexibility index (Phi) is 4.96. The number of esters is 1. The molecule has 7 heteroatoms. The third kappa shape index (κ3) is 4.25. The van der Waals surface area contributed by atoms with E-state index in [4.69, 9.17) is 9.84 Å². The summed E-state index contributed by atoms with van der Waals surface area (Å²) in [6.07, 6.45) is 1.23. The molecule has 0 saturated heterocycles. The normalized spacial score (nSPS) is 11.1. The minimum atomic E-state index is -3.21. The molecule has 0 aromatic carbocycles. The van der Waals surface area contributed by atoms with Crippen LogP contribution in [0, 0.1) is 0 Å². The van der Waals surface area contributed by atoms with Crippen molar-refractivity contribution < 1.29 is 23.4 Å². The smallest absolute Gasteiger partial charge is 0.339 e. The zero-order chi connectivity index (χ0) is 13.6. The molecule has 0 amide bonds. The molecule has 1 aromatic rings. The second-order valence-electron chi connectivity index (χ2n) is 3.52. The lowest BCUT2D eigenvalue weighted by Crippen LogP contribution is -2.31. The Morgan fingerprint density at radius 3 is 2.78 bits per heavy atom. The minimum absolute atomic E-state index is 0.191. The SMILES string of the molecule is CCOC(=O)c1ccc(NCC(F)(F)CO)nc1. The van der Waals surface area contributed by atoms with Crippen molar-refractivity contribution in [2.45, 2.75) is 12.8 Å². The summed E-state index contributed by atoms with van der Waals surface area (Å²) in [5.74, 6) is -3.53. The van der Waals surface area contributed by atoms with Gasteiger partial charge in [0.2, 0.25) is 0 Å². The number of pyridine rings is 1. The molecule has 1 aromatic heterocycles. The van der Waals surface area contributed by atoms with Crippen LogP contribution in [0.2, 0.25) is 0 Å². The van der Waals surface area contributed by atoms with Gasteiger partial charge in [-0.05, 0) is 19.1 Å². The van der Waals surface area contributed by atoms with Crippen molar-refractivity contribution in [1.82, 2.24) is 4.98 Å². The molecule has 0 fully saturated rings. The monoisotopic (exact) mass is 260 g/mol. The van der Waals surface area contributed by atoms with Crippen LogP contribution >= 0.6 is 0 Å². The molecule has 0 atom stereocenters. The van der Waals surface area contributed by atoms with Crippen molar-refractivity contribution in [2.75, 3.05) is 25.1 Å². The maximum absolute atomic E-state index is 12.7. The molecule has 1 heterocycles. The van der Waals surface area contributed by atoms with Gasteiger partial charge >= 0.3 is 5.97 Å². The Labute approximate surface area is 103 Å². The van der Waals surface area contributed by atoms with E-state index in [1.54, 1.807) is 6.92 Å². The number of nitrogens with one attached hydrogen (secondary N) is 1. The predicted octanol–water partition coefficient (Wildman–Crippen LogP) is 1.30. The first-order chi connectivity index (χ1) is 8.48. The van der Waals surface area contributed by atoms with Gasteiger partial charge in [-0.1, -0.05) is 0 Å². The highest BCUT2D eigenvalue weighted by atomic mass is 19.3. The summed E-state index contributed by atoms with van der Waals surface area (Å²) in [6, 6.07) is 2.81. The van der Waals surface area contributed by atoms with Crippen LogP contribution in [0.3, 0.4) is 0 Å². The van der Waals surface area contributed by atoms with E-state index in [-0.39, 0.29) is 18.0 Å². The molecule has 0 saturated carbocycles. The highest BCUT2D eigenvalue weighted by Crippen LogP contribution is 2.13. The number of aromatic nitrogens is 1. The molecule has 1 rings (SSSR count). The standard InChI is InChI=1S/C11H14F2N2O3/c1-2-18-10(17)8-3-4-9(14-5-8)15-6-11(12,13)7-16/h3-5,16H,2,6-7H2,1H3,(H,14,15). The summed E-state index contributed by atoms with van der Waals surface area (Å²) in [6.45, 7) is -0.0318. The van der Waals surface area contributed by atoms with Gasteiger partial charge in [-0.3, -0.25) is 0 Å². The molecule has 0 unspecified atom stereocenters. The third-order valence-corrected chi connectivity index (χ3v) is 2.03. The number of alkyl halides is 2. The fourth-order valence-corrected chi connectivity index (χ4v) is 1.11. The largest absolute Gasteiger partial charge is 0.462 e. The van der Waals surface area contributed by atoms with Crippen LogP contribution in [0.15, 0.2) is 18.3 Å². The van der Waals surface area contributed by atoms with E-state index in [0.717, 1.165) is 0 Å². The first-order valence-corrected chi connectivity index (χ1v) is 5.34. The summed E-state index contributed by atoms with van der Waals surface area (Å²) >= 11 is 0. The van der Waals surface area contributed by atoms with Crippen molar-refractivity contribution >= 4 is 11.8 Å². The predicted molar refractivity (Wildman–Crippen MR) is 60.7 cm³/mol. The Bertz CT molecular complexity index is 396. The molecule has 0 aliphatic carbocycles. The van der Waals surface area contributed by atoms with Gasteiger partial charge < -0.3 is 15.2 Å². The van der Waals surface area contributed by atoms with Crippen molar-refractivity contribution in [1.29, 1.82) is 0 Å². The number of anilines is 1. The number of carbonyl (C=O) groups is 1. The molecule has 5 nitrogen and oxygen atoms in total. The van der Waals surface area contributed by atoms with E-state index in [1.165, 1.54) is 18.3 Å². The highest BCUT2D eigenvalue weighted by Gasteiger charge is 2.27. The van der Waals surface area contributed by atoms with Crippen molar-refractivity contribution in [2.24, 2.45) is 0 Å². The van der Waals surface area contributed by atoms with Crippen molar-refractivity contribution in [3.8, 4) is 0 Å². The lowest BCUT2D eigenvalue weighted by atomic mass is 10.3. The Hall–Kier alpha value is -1.76. The lowest BCUT2D eigenvalue weighted by molar-refractivity contribution is -0.0373. The van der Waals surface area contributed by atoms with Crippen LogP contribution in [0.1, 0.15) is 17.3 Å². The van der Waals surface area contributed by atoms with Crippen molar-refractivity contribution in [3.05, 3.63) is 23.9 Å². The average molecular weight is 260 g/mol. The number of halogens is 2. The van der Waals surface area contributed by atoms with Crippen LogP contribution in [0.4, 0.5) is 14.6 Å². The average Bonchev–Trinajstić information content (AvgIpc) is 2.37. The zero-order valence-electron chi connectivity index (χ0n) is 9.82. The van der Waals surface area contributed by atoms with Gasteiger partial charge in [0, 0.05) is 6.20 Å². The summed E-state index contributed by atoms with van der Waals surface area (Å²) in [5, 5.41) is 10.7. The van der Waals surface area contributed by atoms with Gasteiger partial charge in [0.05, 0.1) is 18.7 Å². The molecule has 0 aliphatic heterocycles. The van der Waals surface area contributed by atoms with Gasteiger partial charge in [-0.15, -0.1) is 0 Å². The van der Waals surface area contributed by atoms with E-state index in [1.807, 2.05) is 0 Å². The number of hydrogen-bond donors (Lipinski definition) is 2. The molecule has 0 aliphatic rings. The minimum Gasteiger partial charge on any atom is -0.462 e. The highest BCUT2D eigenvalue weighted by molar-refractivity contribution is 5.89. The maximum Gasteiger partial charge on any atom is 0.339 e. The number of rotatable bonds is 6. The van der Waals surface area contributed by atoms with Gasteiger partial charge in [-0.2, -0.15) is 0 Å². The quantitative estimate of drug-likeness (QED) is 0.754. The fourth-order valence-electron chi connectivity index (χ4n) is 1.11. The van der Waals surface area contributed by atoms with Crippen LogP contribution in [-0.2, 0) is 4.74 Å².